The van der Waals surface area contributed by atoms with Crippen molar-refractivity contribution < 1.29 is 14.6 Å². The summed E-state index contributed by atoms with van der Waals surface area (Å²) in [7, 11) is 0. The van der Waals surface area contributed by atoms with Gasteiger partial charge in [-0.1, -0.05) is 25.7 Å². The highest BCUT2D eigenvalue weighted by molar-refractivity contribution is 5.74. The number of aliphatic hydroxyl groups excluding tert-OH is 1. The molecule has 20 heavy (non-hydrogen) atoms. The van der Waals surface area contributed by atoms with Crippen molar-refractivity contribution in [2.45, 2.75) is 63.5 Å². The Morgan fingerprint density at radius 1 is 1.15 bits per heavy atom. The molecule has 5 heteroatoms. The fourth-order valence-corrected chi connectivity index (χ4v) is 3.19. The zero-order valence-corrected chi connectivity index (χ0v) is 12.4. The van der Waals surface area contributed by atoms with Crippen LogP contribution in [0.4, 0.5) is 4.79 Å². The number of aliphatic hydroxyl groups is 1. The molecule has 2 rings (SSSR count). The van der Waals surface area contributed by atoms with Gasteiger partial charge in [0, 0.05) is 13.1 Å². The zero-order valence-electron chi connectivity index (χ0n) is 12.4. The fraction of sp³-hybridized carbons (Fsp3) is 0.933. The minimum absolute atomic E-state index is 0.00206. The zero-order chi connectivity index (χ0) is 14.2. The lowest BCUT2D eigenvalue weighted by molar-refractivity contribution is 0.0452. The van der Waals surface area contributed by atoms with Crippen LogP contribution in [0.15, 0.2) is 0 Å². The standard InChI is InChI=1S/C15H28N2O3/c18-12-13-6-5-10-17(13)15(19)16-9-11-20-14-7-3-1-2-4-8-14/h13-14,18H,1-12H2,(H,16,19). The van der Waals surface area contributed by atoms with Crippen LogP contribution in [0.5, 0.6) is 0 Å². The third-order valence-corrected chi connectivity index (χ3v) is 4.38. The minimum atomic E-state index is -0.0639. The van der Waals surface area contributed by atoms with Gasteiger partial charge in [-0.25, -0.2) is 4.79 Å². The van der Waals surface area contributed by atoms with Crippen molar-refractivity contribution in [3.05, 3.63) is 0 Å². The number of hydrogen-bond acceptors (Lipinski definition) is 3. The lowest BCUT2D eigenvalue weighted by Gasteiger charge is -2.23. The number of carbonyl (C=O) groups excluding carboxylic acids is 1. The van der Waals surface area contributed by atoms with Gasteiger partial charge in [0.15, 0.2) is 0 Å². The van der Waals surface area contributed by atoms with Crippen molar-refractivity contribution in [3.63, 3.8) is 0 Å². The maximum atomic E-state index is 12.0. The van der Waals surface area contributed by atoms with Crippen molar-refractivity contribution in [2.24, 2.45) is 0 Å². The van der Waals surface area contributed by atoms with E-state index in [-0.39, 0.29) is 18.7 Å². The van der Waals surface area contributed by atoms with E-state index in [1.165, 1.54) is 25.7 Å². The molecule has 2 fully saturated rings. The maximum Gasteiger partial charge on any atom is 0.317 e. The van der Waals surface area contributed by atoms with E-state index >= 15 is 0 Å². The second-order valence-corrected chi connectivity index (χ2v) is 5.89. The number of nitrogens with one attached hydrogen (secondary N) is 1. The van der Waals surface area contributed by atoms with Gasteiger partial charge < -0.3 is 20.1 Å². The van der Waals surface area contributed by atoms with Gasteiger partial charge in [-0.3, -0.25) is 0 Å². The predicted octanol–water partition coefficient (Wildman–Crippen LogP) is 1.89. The molecule has 0 radical (unpaired) electrons. The molecule has 0 spiro atoms. The third-order valence-electron chi connectivity index (χ3n) is 4.38. The Hall–Kier alpha value is -0.810. The smallest absolute Gasteiger partial charge is 0.317 e. The summed E-state index contributed by atoms with van der Waals surface area (Å²) in [6, 6.07) is -0.0659. The van der Waals surface area contributed by atoms with Crippen LogP contribution < -0.4 is 5.32 Å². The second-order valence-electron chi connectivity index (χ2n) is 5.89. The number of likely N-dealkylation sites (tertiary alicyclic amines) is 1. The van der Waals surface area contributed by atoms with Crippen molar-refractivity contribution in [2.75, 3.05) is 26.3 Å². The Kier molecular flexibility index (Phi) is 6.60. The monoisotopic (exact) mass is 284 g/mol. The third kappa shape index (κ3) is 4.63. The first-order valence-electron chi connectivity index (χ1n) is 8.08. The molecule has 0 bridgehead atoms. The number of hydrogen-bond donors (Lipinski definition) is 2. The molecule has 5 nitrogen and oxygen atoms in total. The van der Waals surface area contributed by atoms with Crippen molar-refractivity contribution in [3.8, 4) is 0 Å². The summed E-state index contributed by atoms with van der Waals surface area (Å²) >= 11 is 0. The number of ether oxygens (including phenoxy) is 1. The largest absolute Gasteiger partial charge is 0.394 e. The van der Waals surface area contributed by atoms with E-state index in [2.05, 4.69) is 5.32 Å². The lowest BCUT2D eigenvalue weighted by Crippen LogP contribution is -2.45. The molecule has 2 aliphatic rings. The first-order valence-corrected chi connectivity index (χ1v) is 8.08. The minimum Gasteiger partial charge on any atom is -0.394 e. The molecule has 0 aromatic carbocycles. The van der Waals surface area contributed by atoms with E-state index in [1.807, 2.05) is 0 Å². The van der Waals surface area contributed by atoms with Crippen LogP contribution in [0.1, 0.15) is 51.4 Å². The Morgan fingerprint density at radius 3 is 2.60 bits per heavy atom. The van der Waals surface area contributed by atoms with E-state index in [4.69, 9.17) is 4.74 Å². The highest BCUT2D eigenvalue weighted by Crippen LogP contribution is 2.19. The molecule has 1 saturated heterocycles. The molecule has 1 heterocycles. The Morgan fingerprint density at radius 2 is 1.90 bits per heavy atom. The van der Waals surface area contributed by atoms with Crippen molar-refractivity contribution in [1.82, 2.24) is 10.2 Å². The van der Waals surface area contributed by atoms with Crippen molar-refractivity contribution >= 4 is 6.03 Å². The van der Waals surface area contributed by atoms with Crippen LogP contribution in [0.2, 0.25) is 0 Å². The Balaban J connectivity index is 1.59. The molecule has 1 aliphatic carbocycles. The number of amides is 2. The van der Waals surface area contributed by atoms with E-state index in [9.17, 15) is 9.90 Å². The van der Waals surface area contributed by atoms with Gasteiger partial charge in [-0.15, -0.1) is 0 Å². The molecule has 0 aromatic heterocycles. The van der Waals surface area contributed by atoms with Gasteiger partial charge in [0.05, 0.1) is 25.4 Å². The van der Waals surface area contributed by atoms with Gasteiger partial charge in [-0.2, -0.15) is 0 Å². The average Bonchev–Trinajstić information content (AvgIpc) is 2.80. The SMILES string of the molecule is O=C(NCCOC1CCCCCC1)N1CCCC1CO. The summed E-state index contributed by atoms with van der Waals surface area (Å²) in [5, 5.41) is 12.1. The summed E-state index contributed by atoms with van der Waals surface area (Å²) in [5.74, 6) is 0. The van der Waals surface area contributed by atoms with Gasteiger partial charge >= 0.3 is 6.03 Å². The number of rotatable bonds is 5. The van der Waals surface area contributed by atoms with Gasteiger partial charge in [0.2, 0.25) is 0 Å². The molecule has 1 saturated carbocycles. The van der Waals surface area contributed by atoms with E-state index < -0.39 is 0 Å². The van der Waals surface area contributed by atoms with E-state index in [1.54, 1.807) is 4.90 Å². The van der Waals surface area contributed by atoms with Crippen molar-refractivity contribution in [1.29, 1.82) is 0 Å². The molecule has 2 N–H and O–H groups in total. The topological polar surface area (TPSA) is 61.8 Å². The Bertz CT molecular complexity index is 291. The van der Waals surface area contributed by atoms with Crippen LogP contribution in [0, 0.1) is 0 Å². The molecule has 1 atom stereocenters. The fourth-order valence-electron chi connectivity index (χ4n) is 3.19. The number of urea groups is 1. The normalized spacial score (nSPS) is 24.6. The Labute approximate surface area is 121 Å². The molecule has 1 unspecified atom stereocenters. The quantitative estimate of drug-likeness (QED) is 0.598. The molecule has 0 aromatic rings. The highest BCUT2D eigenvalue weighted by Gasteiger charge is 2.27. The average molecular weight is 284 g/mol. The van der Waals surface area contributed by atoms with Crippen LogP contribution in [0.3, 0.4) is 0 Å². The lowest BCUT2D eigenvalue weighted by atomic mass is 10.1. The van der Waals surface area contributed by atoms with Gasteiger partial charge in [0.25, 0.3) is 0 Å². The summed E-state index contributed by atoms with van der Waals surface area (Å²) in [6.45, 7) is 1.96. The van der Waals surface area contributed by atoms with Gasteiger partial charge in [-0.05, 0) is 25.7 Å². The van der Waals surface area contributed by atoms with Crippen LogP contribution in [0.25, 0.3) is 0 Å². The molecule has 1 aliphatic heterocycles. The van der Waals surface area contributed by atoms with Gasteiger partial charge in [0.1, 0.15) is 0 Å². The molecular formula is C15H28N2O3. The van der Waals surface area contributed by atoms with Crippen LogP contribution >= 0.6 is 0 Å². The molecule has 116 valence electrons. The number of carbonyl (C=O) groups is 1. The first-order chi connectivity index (χ1) is 9.81. The number of nitrogens with zero attached hydrogens (tertiary/aromatic N) is 1. The molecular weight excluding hydrogens is 256 g/mol. The first kappa shape index (κ1) is 15.6. The van der Waals surface area contributed by atoms with E-state index in [0.717, 1.165) is 32.2 Å². The maximum absolute atomic E-state index is 12.0. The van der Waals surface area contributed by atoms with E-state index in [0.29, 0.717) is 19.3 Å². The van der Waals surface area contributed by atoms with Crippen LogP contribution in [-0.2, 0) is 4.74 Å². The summed E-state index contributed by atoms with van der Waals surface area (Å²) in [6.07, 6.45) is 9.78. The molecule has 2 amide bonds. The summed E-state index contributed by atoms with van der Waals surface area (Å²) in [5.41, 5.74) is 0. The summed E-state index contributed by atoms with van der Waals surface area (Å²) < 4.78 is 5.85. The van der Waals surface area contributed by atoms with Crippen LogP contribution in [-0.4, -0.2) is 54.5 Å². The summed E-state index contributed by atoms with van der Waals surface area (Å²) in [4.78, 5) is 13.7. The second kappa shape index (κ2) is 8.47. The predicted molar refractivity (Wildman–Crippen MR) is 77.7 cm³/mol. The highest BCUT2D eigenvalue weighted by atomic mass is 16.5.